The van der Waals surface area contributed by atoms with Crippen molar-refractivity contribution in [3.8, 4) is 0 Å². The summed E-state index contributed by atoms with van der Waals surface area (Å²) in [6.45, 7) is 8.67. The van der Waals surface area contributed by atoms with E-state index in [2.05, 4.69) is 50.0 Å². The number of nitrogens with one attached hydrogen (secondary N) is 1. The summed E-state index contributed by atoms with van der Waals surface area (Å²) in [4.78, 5) is 41.6. The van der Waals surface area contributed by atoms with Gasteiger partial charge in [0.15, 0.2) is 0 Å². The normalized spacial score (nSPS) is 20.4. The molecule has 3 aliphatic rings. The number of H-pyrrole nitrogens is 1. The number of carbonyl (C=O) groups is 1. The largest absolute Gasteiger partial charge is 0.339 e. The Kier molecular flexibility index (Phi) is 7.25. The molecule has 5 rings (SSSR count). The van der Waals surface area contributed by atoms with E-state index in [0.717, 1.165) is 57.7 Å². The van der Waals surface area contributed by atoms with Gasteiger partial charge in [0.2, 0.25) is 11.9 Å². The van der Waals surface area contributed by atoms with Crippen LogP contribution in [0.3, 0.4) is 0 Å². The molecule has 0 spiro atoms. The zero-order valence-corrected chi connectivity index (χ0v) is 20.0. The number of hydrogen-bond acceptors (Lipinski definition) is 6. The molecule has 0 unspecified atom stereocenters. The molecule has 1 saturated carbocycles. The summed E-state index contributed by atoms with van der Waals surface area (Å²) in [5.74, 6) is 1.19. The summed E-state index contributed by atoms with van der Waals surface area (Å²) < 4.78 is 0. The maximum absolute atomic E-state index is 12.5. The van der Waals surface area contributed by atoms with Crippen molar-refractivity contribution in [3.63, 3.8) is 0 Å². The molecule has 3 heterocycles. The number of piperazine rings is 2. The van der Waals surface area contributed by atoms with E-state index in [0.29, 0.717) is 44.6 Å². The third-order valence-corrected chi connectivity index (χ3v) is 7.54. The molecular formula is C26H36N6O2. The summed E-state index contributed by atoms with van der Waals surface area (Å²) in [6.07, 6.45) is 4.34. The van der Waals surface area contributed by atoms with E-state index in [9.17, 15) is 9.59 Å². The highest BCUT2D eigenvalue weighted by Crippen LogP contribution is 2.28. The van der Waals surface area contributed by atoms with Crippen LogP contribution in [0.2, 0.25) is 0 Å². The van der Waals surface area contributed by atoms with Gasteiger partial charge >= 0.3 is 0 Å². The number of amides is 1. The Balaban J connectivity index is 1.11. The van der Waals surface area contributed by atoms with Crippen molar-refractivity contribution < 1.29 is 4.79 Å². The Labute approximate surface area is 201 Å². The van der Waals surface area contributed by atoms with E-state index < -0.39 is 0 Å². The fourth-order valence-corrected chi connectivity index (χ4v) is 5.11. The Morgan fingerprint density at radius 2 is 1.65 bits per heavy atom. The van der Waals surface area contributed by atoms with Crippen molar-refractivity contribution in [2.24, 2.45) is 5.92 Å². The highest BCUT2D eigenvalue weighted by molar-refractivity contribution is 5.79. The van der Waals surface area contributed by atoms with Crippen LogP contribution in [0.5, 0.6) is 0 Å². The van der Waals surface area contributed by atoms with Crippen molar-refractivity contribution in [1.82, 2.24) is 24.7 Å². The minimum atomic E-state index is -0.102. The van der Waals surface area contributed by atoms with Gasteiger partial charge in [0.1, 0.15) is 0 Å². The molecule has 0 radical (unpaired) electrons. The first-order valence-corrected chi connectivity index (χ1v) is 12.8. The minimum Gasteiger partial charge on any atom is -0.339 e. The van der Waals surface area contributed by atoms with Gasteiger partial charge in [-0.2, -0.15) is 0 Å². The Morgan fingerprint density at radius 3 is 2.32 bits per heavy atom. The van der Waals surface area contributed by atoms with Crippen molar-refractivity contribution in [3.05, 3.63) is 58.0 Å². The predicted molar refractivity (Wildman–Crippen MR) is 133 cm³/mol. The van der Waals surface area contributed by atoms with Crippen LogP contribution in [0, 0.1) is 5.92 Å². The molecule has 1 aromatic heterocycles. The number of hydrogen-bond donors (Lipinski definition) is 1. The molecule has 1 aromatic carbocycles. The number of carbonyl (C=O) groups excluding carboxylic acids is 1. The molecule has 1 aliphatic carbocycles. The van der Waals surface area contributed by atoms with Gasteiger partial charge in [0.25, 0.3) is 5.56 Å². The van der Waals surface area contributed by atoms with Gasteiger partial charge in [-0.25, -0.2) is 4.98 Å². The second-order valence-electron chi connectivity index (χ2n) is 9.85. The third kappa shape index (κ3) is 5.67. The van der Waals surface area contributed by atoms with E-state index >= 15 is 0 Å². The smallest absolute Gasteiger partial charge is 0.252 e. The lowest BCUT2D eigenvalue weighted by molar-refractivity contribution is -0.138. The van der Waals surface area contributed by atoms with Gasteiger partial charge in [-0.1, -0.05) is 36.8 Å². The van der Waals surface area contributed by atoms with Gasteiger partial charge in [0, 0.05) is 77.4 Å². The molecule has 0 bridgehead atoms. The van der Waals surface area contributed by atoms with Crippen LogP contribution in [0.4, 0.5) is 5.95 Å². The van der Waals surface area contributed by atoms with Crippen molar-refractivity contribution in [2.75, 3.05) is 63.8 Å². The van der Waals surface area contributed by atoms with E-state index in [-0.39, 0.29) is 11.5 Å². The van der Waals surface area contributed by atoms with Crippen molar-refractivity contribution >= 4 is 11.9 Å². The van der Waals surface area contributed by atoms with Crippen LogP contribution >= 0.6 is 0 Å². The van der Waals surface area contributed by atoms with Crippen molar-refractivity contribution in [2.45, 2.75) is 32.2 Å². The number of aromatic nitrogens is 2. The molecule has 0 atom stereocenters. The molecule has 182 valence electrons. The first-order chi connectivity index (χ1) is 16.6. The number of rotatable bonds is 7. The quantitative estimate of drug-likeness (QED) is 0.671. The lowest BCUT2D eigenvalue weighted by Gasteiger charge is -2.38. The SMILES string of the molecule is O=C(C1CCC1)N1CCN(c2nc(CN3CCN(CCc4ccccc4)CC3)cc(=O)[nH]2)CC1. The predicted octanol–water partition coefficient (Wildman–Crippen LogP) is 1.58. The maximum Gasteiger partial charge on any atom is 0.252 e. The van der Waals surface area contributed by atoms with Crippen LogP contribution in [0.15, 0.2) is 41.2 Å². The number of aromatic amines is 1. The average Bonchev–Trinajstić information content (AvgIpc) is 2.83. The Morgan fingerprint density at radius 1 is 0.941 bits per heavy atom. The lowest BCUT2D eigenvalue weighted by Crippen LogP contribution is -2.51. The monoisotopic (exact) mass is 464 g/mol. The fraction of sp³-hybridized carbons (Fsp3) is 0.577. The van der Waals surface area contributed by atoms with E-state index in [1.807, 2.05) is 4.90 Å². The number of anilines is 1. The lowest BCUT2D eigenvalue weighted by atomic mass is 9.84. The third-order valence-electron chi connectivity index (χ3n) is 7.54. The first-order valence-electron chi connectivity index (χ1n) is 12.8. The molecule has 34 heavy (non-hydrogen) atoms. The summed E-state index contributed by atoms with van der Waals surface area (Å²) in [5, 5.41) is 0. The minimum absolute atomic E-state index is 0.102. The van der Waals surface area contributed by atoms with Crippen molar-refractivity contribution in [1.29, 1.82) is 0 Å². The van der Waals surface area contributed by atoms with Crippen LogP contribution < -0.4 is 10.5 Å². The zero-order chi connectivity index (χ0) is 23.3. The molecular weight excluding hydrogens is 428 g/mol. The molecule has 2 aliphatic heterocycles. The van der Waals surface area contributed by atoms with Gasteiger partial charge in [-0.15, -0.1) is 0 Å². The van der Waals surface area contributed by atoms with Gasteiger partial charge in [-0.05, 0) is 24.8 Å². The fourth-order valence-electron chi connectivity index (χ4n) is 5.11. The summed E-state index contributed by atoms with van der Waals surface area (Å²) >= 11 is 0. The molecule has 8 nitrogen and oxygen atoms in total. The zero-order valence-electron chi connectivity index (χ0n) is 20.0. The Hall–Kier alpha value is -2.71. The summed E-state index contributed by atoms with van der Waals surface area (Å²) in [6, 6.07) is 12.3. The topological polar surface area (TPSA) is 75.8 Å². The molecule has 1 amide bonds. The standard InChI is InChI=1S/C26H36N6O2/c33-24-19-23(20-30-13-11-29(12-14-30)10-9-21-5-2-1-3-6-21)27-26(28-24)32-17-15-31(16-18-32)25(34)22-7-4-8-22/h1-3,5-6,19,22H,4,7-18,20H2,(H,27,28,33). The molecule has 2 aromatic rings. The van der Waals surface area contributed by atoms with Crippen LogP contribution in [-0.2, 0) is 17.8 Å². The summed E-state index contributed by atoms with van der Waals surface area (Å²) in [5.41, 5.74) is 2.11. The van der Waals surface area contributed by atoms with Gasteiger partial charge < -0.3 is 14.7 Å². The van der Waals surface area contributed by atoms with Crippen LogP contribution in [-0.4, -0.2) is 89.5 Å². The highest BCUT2D eigenvalue weighted by atomic mass is 16.2. The van der Waals surface area contributed by atoms with Crippen LogP contribution in [0.25, 0.3) is 0 Å². The molecule has 8 heteroatoms. The van der Waals surface area contributed by atoms with Gasteiger partial charge in [0.05, 0.1) is 5.69 Å². The maximum atomic E-state index is 12.5. The molecule has 1 N–H and O–H groups in total. The van der Waals surface area contributed by atoms with E-state index in [1.54, 1.807) is 6.07 Å². The second kappa shape index (κ2) is 10.7. The van der Waals surface area contributed by atoms with E-state index in [4.69, 9.17) is 4.98 Å². The summed E-state index contributed by atoms with van der Waals surface area (Å²) in [7, 11) is 0. The van der Waals surface area contributed by atoms with E-state index in [1.165, 1.54) is 12.0 Å². The number of benzene rings is 1. The molecule has 3 fully saturated rings. The first kappa shape index (κ1) is 23.1. The Bertz CT molecular complexity index is 1010. The van der Waals surface area contributed by atoms with Gasteiger partial charge in [-0.3, -0.25) is 19.5 Å². The number of nitrogens with zero attached hydrogens (tertiary/aromatic N) is 5. The molecule has 2 saturated heterocycles. The highest BCUT2D eigenvalue weighted by Gasteiger charge is 2.31. The average molecular weight is 465 g/mol. The van der Waals surface area contributed by atoms with Crippen LogP contribution in [0.1, 0.15) is 30.5 Å². The second-order valence-corrected chi connectivity index (χ2v) is 9.85.